The molecule has 412 valence electrons. The minimum absolute atomic E-state index is 0.0305. The van der Waals surface area contributed by atoms with Crippen molar-refractivity contribution in [3.05, 3.63) is 12.2 Å². The molecule has 9 heteroatoms. The summed E-state index contributed by atoms with van der Waals surface area (Å²) in [4.78, 5) is 25.3. The van der Waals surface area contributed by atoms with E-state index < -0.39 is 13.9 Å². The Morgan fingerprint density at radius 1 is 0.435 bits per heavy atom. The predicted octanol–water partition coefficient (Wildman–Crippen LogP) is 18.7. The zero-order chi connectivity index (χ0) is 50.5. The van der Waals surface area contributed by atoms with Gasteiger partial charge in [0.2, 0.25) is 0 Å². The van der Waals surface area contributed by atoms with Crippen LogP contribution >= 0.6 is 7.82 Å². The fraction of sp³-hybridized carbons (Fsp3) is 0.950. The number of ether oxygens (including phenoxy) is 2. The van der Waals surface area contributed by atoms with E-state index in [9.17, 15) is 14.3 Å². The molecular weight excluding hydrogens is 878 g/mol. The molecule has 8 nitrogen and oxygen atoms in total. The van der Waals surface area contributed by atoms with Crippen molar-refractivity contribution in [2.45, 2.75) is 315 Å². The van der Waals surface area contributed by atoms with E-state index in [0.717, 1.165) is 32.1 Å². The van der Waals surface area contributed by atoms with Gasteiger partial charge in [-0.1, -0.05) is 276 Å². The summed E-state index contributed by atoms with van der Waals surface area (Å²) in [6.45, 7) is 5.50. The lowest BCUT2D eigenvalue weighted by atomic mass is 10.0. The van der Waals surface area contributed by atoms with Crippen LogP contribution in [0.4, 0.5) is 0 Å². The number of quaternary nitrogens is 1. The second-order valence-electron chi connectivity index (χ2n) is 22.1. The minimum Gasteiger partial charge on any atom is -0.756 e. The van der Waals surface area contributed by atoms with Crippen LogP contribution in [0.25, 0.3) is 0 Å². The van der Waals surface area contributed by atoms with E-state index in [1.54, 1.807) is 0 Å². The molecule has 0 aliphatic heterocycles. The van der Waals surface area contributed by atoms with Crippen molar-refractivity contribution < 1.29 is 37.3 Å². The fourth-order valence-corrected chi connectivity index (χ4v) is 9.86. The molecule has 0 amide bonds. The highest BCUT2D eigenvalue weighted by Crippen LogP contribution is 2.38. The average Bonchev–Trinajstić information content (AvgIpc) is 3.31. The van der Waals surface area contributed by atoms with Crippen LogP contribution in [0.5, 0.6) is 0 Å². The first-order valence-electron chi connectivity index (χ1n) is 30.4. The third-order valence-corrected chi connectivity index (χ3v) is 14.8. The molecule has 0 aliphatic rings. The summed E-state index contributed by atoms with van der Waals surface area (Å²) in [6.07, 6.45) is 64.1. The van der Waals surface area contributed by atoms with Crippen LogP contribution in [0.15, 0.2) is 12.2 Å². The van der Waals surface area contributed by atoms with Crippen LogP contribution in [-0.4, -0.2) is 70.7 Å². The normalized spacial score (nSPS) is 13.4. The number of hydrogen-bond acceptors (Lipinski definition) is 7. The Morgan fingerprint density at radius 3 is 1.10 bits per heavy atom. The van der Waals surface area contributed by atoms with Gasteiger partial charge in [-0.25, -0.2) is 0 Å². The summed E-state index contributed by atoms with van der Waals surface area (Å²) in [5.74, 6) is -0.324. The van der Waals surface area contributed by atoms with E-state index in [0.29, 0.717) is 24.1 Å². The highest BCUT2D eigenvalue weighted by Gasteiger charge is 2.20. The second-order valence-corrected chi connectivity index (χ2v) is 23.5. The summed E-state index contributed by atoms with van der Waals surface area (Å²) >= 11 is 0. The molecule has 0 bridgehead atoms. The number of likely N-dealkylation sites (N-methyl/N-ethyl adjacent to an activating group) is 1. The number of nitrogens with zero attached hydrogens (tertiary/aromatic N) is 1. The summed E-state index contributed by atoms with van der Waals surface area (Å²) in [5.41, 5.74) is 0. The molecule has 0 N–H and O–H groups in total. The highest BCUT2D eigenvalue weighted by atomic mass is 31.2. The lowest BCUT2D eigenvalue weighted by Gasteiger charge is -2.28. The molecule has 2 atom stereocenters. The Morgan fingerprint density at radius 2 is 0.754 bits per heavy atom. The number of allylic oxidation sites excluding steroid dienone is 2. The summed E-state index contributed by atoms with van der Waals surface area (Å²) < 4.78 is 34.9. The molecule has 0 radical (unpaired) electrons. The predicted molar refractivity (Wildman–Crippen MR) is 296 cm³/mol. The fourth-order valence-electron chi connectivity index (χ4n) is 9.13. The molecule has 2 unspecified atom stereocenters. The van der Waals surface area contributed by atoms with Gasteiger partial charge in [0, 0.05) is 13.0 Å². The van der Waals surface area contributed by atoms with Gasteiger partial charge in [-0.15, -0.1) is 0 Å². The van der Waals surface area contributed by atoms with Gasteiger partial charge in [-0.3, -0.25) is 9.36 Å². The van der Waals surface area contributed by atoms with Crippen LogP contribution in [0, 0.1) is 0 Å². The summed E-state index contributed by atoms with van der Waals surface area (Å²) in [7, 11) is 1.38. The van der Waals surface area contributed by atoms with Crippen molar-refractivity contribution in [1.29, 1.82) is 0 Å². The van der Waals surface area contributed by atoms with Gasteiger partial charge in [-0.05, 0) is 38.5 Å². The zero-order valence-electron chi connectivity index (χ0n) is 47.0. The number of esters is 1. The molecule has 0 fully saturated rings. The maximum atomic E-state index is 12.8. The number of unbranched alkanes of at least 4 members (excludes halogenated alkanes) is 42. The van der Waals surface area contributed by atoms with Crippen LogP contribution in [0.2, 0.25) is 0 Å². The molecule has 0 heterocycles. The summed E-state index contributed by atoms with van der Waals surface area (Å²) in [5, 5.41) is 0. The van der Waals surface area contributed by atoms with Gasteiger partial charge in [0.15, 0.2) is 0 Å². The van der Waals surface area contributed by atoms with Crippen molar-refractivity contribution in [2.24, 2.45) is 0 Å². The molecule has 0 spiro atoms. The van der Waals surface area contributed by atoms with Crippen molar-refractivity contribution in [3.63, 3.8) is 0 Å². The number of phosphoric acid groups is 1. The minimum atomic E-state index is -4.53. The van der Waals surface area contributed by atoms with Crippen molar-refractivity contribution in [1.82, 2.24) is 0 Å². The lowest BCUT2D eigenvalue weighted by Crippen LogP contribution is -2.37. The van der Waals surface area contributed by atoms with Gasteiger partial charge in [0.25, 0.3) is 7.82 Å². The average molecular weight is 999 g/mol. The standard InChI is InChI=1S/C60H120NO7P/c1-6-8-10-12-14-16-18-20-22-24-26-28-29-30-31-32-34-36-38-40-42-44-46-48-50-52-55-65-57-59(58-67-69(63,64)66-56-54-61(3,4)5)68-60(62)53-51-49-47-45-43-41-39-37-35-33-27-25-23-21-19-17-15-13-11-9-7-2/h24,26,59H,6-23,25,27-58H2,1-5H3/b26-24-. The van der Waals surface area contributed by atoms with Gasteiger partial charge in [0.1, 0.15) is 19.3 Å². The van der Waals surface area contributed by atoms with Gasteiger partial charge >= 0.3 is 5.97 Å². The molecule has 0 aliphatic carbocycles. The summed E-state index contributed by atoms with van der Waals surface area (Å²) in [6, 6.07) is 0. The molecule has 69 heavy (non-hydrogen) atoms. The van der Waals surface area contributed by atoms with Crippen LogP contribution in [0.3, 0.4) is 0 Å². The van der Waals surface area contributed by atoms with Crippen LogP contribution in [-0.2, 0) is 27.9 Å². The van der Waals surface area contributed by atoms with E-state index in [1.165, 1.54) is 257 Å². The maximum absolute atomic E-state index is 12.8. The Kier molecular flexibility index (Phi) is 52.9. The topological polar surface area (TPSA) is 94.1 Å². The Labute approximate surface area is 431 Å². The van der Waals surface area contributed by atoms with E-state index in [-0.39, 0.29) is 25.8 Å². The zero-order valence-corrected chi connectivity index (χ0v) is 47.9. The molecule has 0 saturated heterocycles. The van der Waals surface area contributed by atoms with E-state index in [4.69, 9.17) is 18.5 Å². The molecule has 0 aromatic heterocycles. The number of carbonyl (C=O) groups excluding carboxylic acids is 1. The number of rotatable bonds is 58. The third kappa shape index (κ3) is 58.0. The Hall–Kier alpha value is -0.760. The Bertz CT molecular complexity index is 1110. The molecule has 0 rings (SSSR count). The second kappa shape index (κ2) is 53.5. The number of phosphoric ester groups is 1. The van der Waals surface area contributed by atoms with Crippen LogP contribution in [0.1, 0.15) is 309 Å². The maximum Gasteiger partial charge on any atom is 0.306 e. The number of hydrogen-bond donors (Lipinski definition) is 0. The largest absolute Gasteiger partial charge is 0.756 e. The first-order chi connectivity index (χ1) is 33.6. The SMILES string of the molecule is CCCCCCCCCC/C=C\CCCCCCCCCCCCCCCCOCC(COP(=O)([O-])OCC[N+](C)(C)C)OC(=O)CCCCCCCCCCCCCCCCCCCCCCC. The van der Waals surface area contributed by atoms with E-state index in [1.807, 2.05) is 21.1 Å². The van der Waals surface area contributed by atoms with Gasteiger partial charge in [0.05, 0.1) is 34.4 Å². The van der Waals surface area contributed by atoms with Gasteiger partial charge < -0.3 is 27.9 Å². The van der Waals surface area contributed by atoms with Crippen molar-refractivity contribution in [2.75, 3.05) is 54.1 Å². The highest BCUT2D eigenvalue weighted by molar-refractivity contribution is 7.45. The lowest BCUT2D eigenvalue weighted by molar-refractivity contribution is -0.870. The number of carbonyl (C=O) groups is 1. The third-order valence-electron chi connectivity index (χ3n) is 13.8. The van der Waals surface area contributed by atoms with Crippen molar-refractivity contribution in [3.8, 4) is 0 Å². The molecule has 0 aromatic rings. The van der Waals surface area contributed by atoms with E-state index in [2.05, 4.69) is 26.0 Å². The van der Waals surface area contributed by atoms with Crippen molar-refractivity contribution >= 4 is 13.8 Å². The molecular formula is C60H120NO7P. The monoisotopic (exact) mass is 998 g/mol. The van der Waals surface area contributed by atoms with E-state index >= 15 is 0 Å². The first kappa shape index (κ1) is 68.2. The quantitative estimate of drug-likeness (QED) is 0.0197. The smallest absolute Gasteiger partial charge is 0.306 e. The molecule has 0 aromatic carbocycles. The first-order valence-corrected chi connectivity index (χ1v) is 31.9. The van der Waals surface area contributed by atoms with Gasteiger partial charge in [-0.2, -0.15) is 0 Å². The molecule has 0 saturated carbocycles. The van der Waals surface area contributed by atoms with Crippen LogP contribution < -0.4 is 4.89 Å². The Balaban J connectivity index is 3.99.